The molecular formula is C16H23OS+. The average molecular weight is 263 g/mol. The summed E-state index contributed by atoms with van der Waals surface area (Å²) in [6.45, 7) is 1.90. The normalized spacial score (nSPS) is 23.1. The molecule has 0 unspecified atom stereocenters. The molecule has 0 N–H and O–H groups in total. The van der Waals surface area contributed by atoms with Crippen LogP contribution in [0.4, 0.5) is 0 Å². The molecule has 2 heteroatoms. The van der Waals surface area contributed by atoms with E-state index in [1.54, 1.807) is 10.5 Å². The summed E-state index contributed by atoms with van der Waals surface area (Å²) in [5.74, 6) is 3.29. The molecule has 0 radical (unpaired) electrons. The van der Waals surface area contributed by atoms with E-state index in [0.29, 0.717) is 10.9 Å². The van der Waals surface area contributed by atoms with Crippen molar-refractivity contribution >= 4 is 10.9 Å². The maximum Gasteiger partial charge on any atom is 0.155 e. The van der Waals surface area contributed by atoms with Crippen LogP contribution in [0.1, 0.15) is 43.6 Å². The first-order valence-electron chi connectivity index (χ1n) is 7.29. The lowest BCUT2D eigenvalue weighted by atomic mass is 9.84. The van der Waals surface area contributed by atoms with Gasteiger partial charge < -0.3 is 4.74 Å². The Morgan fingerprint density at radius 1 is 0.889 bits per heavy atom. The van der Waals surface area contributed by atoms with E-state index in [2.05, 4.69) is 24.3 Å². The zero-order chi connectivity index (χ0) is 12.2. The van der Waals surface area contributed by atoms with Crippen LogP contribution in [0.2, 0.25) is 0 Å². The summed E-state index contributed by atoms with van der Waals surface area (Å²) in [6, 6.07) is 9.57. The zero-order valence-electron chi connectivity index (χ0n) is 11.1. The first-order valence-corrected chi connectivity index (χ1v) is 8.85. The Kier molecular flexibility index (Phi) is 4.27. The van der Waals surface area contributed by atoms with E-state index in [-0.39, 0.29) is 0 Å². The van der Waals surface area contributed by atoms with Crippen LogP contribution in [0.3, 0.4) is 0 Å². The van der Waals surface area contributed by atoms with Gasteiger partial charge in [-0.2, -0.15) is 0 Å². The van der Waals surface area contributed by atoms with Gasteiger partial charge in [0.25, 0.3) is 0 Å². The molecule has 0 atom stereocenters. The molecule has 0 spiro atoms. The van der Waals surface area contributed by atoms with Gasteiger partial charge in [0.15, 0.2) is 4.90 Å². The summed E-state index contributed by atoms with van der Waals surface area (Å²) in [4.78, 5) is 1.55. The zero-order valence-corrected chi connectivity index (χ0v) is 11.9. The predicted octanol–water partition coefficient (Wildman–Crippen LogP) is 3.74. The van der Waals surface area contributed by atoms with Gasteiger partial charge in [-0.3, -0.25) is 0 Å². The van der Waals surface area contributed by atoms with E-state index in [0.717, 1.165) is 19.1 Å². The first kappa shape index (κ1) is 12.6. The van der Waals surface area contributed by atoms with Crippen LogP contribution in [0.5, 0.6) is 0 Å². The third kappa shape index (κ3) is 2.92. The molecule has 1 aromatic rings. The Hall–Kier alpha value is -0.470. The van der Waals surface area contributed by atoms with Gasteiger partial charge >= 0.3 is 0 Å². The van der Waals surface area contributed by atoms with Crippen molar-refractivity contribution in [2.75, 3.05) is 24.7 Å². The summed E-state index contributed by atoms with van der Waals surface area (Å²) >= 11 is 0. The molecule has 98 valence electrons. The molecule has 0 amide bonds. The summed E-state index contributed by atoms with van der Waals surface area (Å²) in [5.41, 5.74) is 1.58. The topological polar surface area (TPSA) is 9.23 Å². The SMILES string of the molecule is c1cc([S+]2CCOCC2)ccc1C1CCCCC1. The highest BCUT2D eigenvalue weighted by Crippen LogP contribution is 2.33. The van der Waals surface area contributed by atoms with Crippen molar-refractivity contribution in [3.05, 3.63) is 29.8 Å². The lowest BCUT2D eigenvalue weighted by molar-refractivity contribution is 0.159. The van der Waals surface area contributed by atoms with Gasteiger partial charge in [-0.05, 0) is 36.5 Å². The number of ether oxygens (including phenoxy) is 1. The maximum atomic E-state index is 5.45. The molecule has 3 rings (SSSR count). The minimum absolute atomic E-state index is 0.454. The Morgan fingerprint density at radius 2 is 1.56 bits per heavy atom. The third-order valence-electron chi connectivity index (χ3n) is 4.24. The molecular weight excluding hydrogens is 240 g/mol. The molecule has 1 aliphatic carbocycles. The number of benzene rings is 1. The fourth-order valence-electron chi connectivity index (χ4n) is 3.13. The van der Waals surface area contributed by atoms with E-state index in [4.69, 9.17) is 4.74 Å². The molecule has 0 bridgehead atoms. The van der Waals surface area contributed by atoms with Crippen molar-refractivity contribution in [2.45, 2.75) is 42.9 Å². The minimum atomic E-state index is 0.454. The molecule has 1 saturated carbocycles. The summed E-state index contributed by atoms with van der Waals surface area (Å²) < 4.78 is 5.45. The molecule has 1 saturated heterocycles. The van der Waals surface area contributed by atoms with Crippen LogP contribution >= 0.6 is 0 Å². The van der Waals surface area contributed by atoms with Crippen molar-refractivity contribution in [3.63, 3.8) is 0 Å². The van der Waals surface area contributed by atoms with Crippen LogP contribution in [0, 0.1) is 0 Å². The minimum Gasteiger partial charge on any atom is -0.372 e. The van der Waals surface area contributed by atoms with Crippen molar-refractivity contribution in [3.8, 4) is 0 Å². The number of hydrogen-bond donors (Lipinski definition) is 0. The molecule has 2 aliphatic rings. The third-order valence-corrected chi connectivity index (χ3v) is 6.50. The number of hydrogen-bond acceptors (Lipinski definition) is 1. The average Bonchev–Trinajstić information content (AvgIpc) is 2.49. The highest BCUT2D eigenvalue weighted by Gasteiger charge is 2.25. The molecule has 1 heterocycles. The molecule has 1 nitrogen and oxygen atoms in total. The standard InChI is InChI=1S/C16H23OS/c1-2-4-14(5-3-1)15-6-8-16(9-7-15)18-12-10-17-11-13-18/h6-9,14H,1-5,10-13H2/q+1. The monoisotopic (exact) mass is 263 g/mol. The van der Waals surface area contributed by atoms with E-state index < -0.39 is 0 Å². The fraction of sp³-hybridized carbons (Fsp3) is 0.625. The Morgan fingerprint density at radius 3 is 2.22 bits per heavy atom. The van der Waals surface area contributed by atoms with E-state index in [9.17, 15) is 0 Å². The van der Waals surface area contributed by atoms with E-state index in [1.807, 2.05) is 0 Å². The van der Waals surface area contributed by atoms with E-state index in [1.165, 1.54) is 43.6 Å². The fourth-order valence-corrected chi connectivity index (χ4v) is 4.96. The van der Waals surface area contributed by atoms with Gasteiger partial charge in [-0.1, -0.05) is 31.4 Å². The highest BCUT2D eigenvalue weighted by molar-refractivity contribution is 7.97. The van der Waals surface area contributed by atoms with Gasteiger partial charge in [0.1, 0.15) is 11.5 Å². The van der Waals surface area contributed by atoms with Gasteiger partial charge in [-0.25, -0.2) is 0 Å². The number of rotatable bonds is 2. The lowest BCUT2D eigenvalue weighted by Gasteiger charge is -2.22. The van der Waals surface area contributed by atoms with Crippen molar-refractivity contribution < 1.29 is 4.74 Å². The second-order valence-corrected chi connectivity index (χ2v) is 7.69. The lowest BCUT2D eigenvalue weighted by Crippen LogP contribution is -2.26. The van der Waals surface area contributed by atoms with Gasteiger partial charge in [-0.15, -0.1) is 0 Å². The van der Waals surface area contributed by atoms with Crippen molar-refractivity contribution in [2.24, 2.45) is 0 Å². The van der Waals surface area contributed by atoms with Crippen LogP contribution < -0.4 is 0 Å². The summed E-state index contributed by atoms with van der Waals surface area (Å²) in [7, 11) is 0.454. The van der Waals surface area contributed by atoms with Crippen LogP contribution in [0.15, 0.2) is 29.2 Å². The van der Waals surface area contributed by atoms with Gasteiger partial charge in [0.2, 0.25) is 0 Å². The quantitative estimate of drug-likeness (QED) is 0.739. The Balaban J connectivity index is 1.67. The summed E-state index contributed by atoms with van der Waals surface area (Å²) in [6.07, 6.45) is 7.10. The second-order valence-electron chi connectivity index (χ2n) is 5.42. The molecule has 1 aliphatic heterocycles. The van der Waals surface area contributed by atoms with Gasteiger partial charge in [0, 0.05) is 10.9 Å². The van der Waals surface area contributed by atoms with Crippen molar-refractivity contribution in [1.29, 1.82) is 0 Å². The largest absolute Gasteiger partial charge is 0.372 e. The smallest absolute Gasteiger partial charge is 0.155 e. The second kappa shape index (κ2) is 6.12. The molecule has 1 aromatic carbocycles. The predicted molar refractivity (Wildman–Crippen MR) is 78.5 cm³/mol. The Labute approximate surface area is 113 Å². The summed E-state index contributed by atoms with van der Waals surface area (Å²) in [5, 5.41) is 0. The highest BCUT2D eigenvalue weighted by atomic mass is 32.2. The van der Waals surface area contributed by atoms with E-state index >= 15 is 0 Å². The van der Waals surface area contributed by atoms with Crippen LogP contribution in [-0.4, -0.2) is 24.7 Å². The maximum absolute atomic E-state index is 5.45. The van der Waals surface area contributed by atoms with Crippen LogP contribution in [-0.2, 0) is 15.6 Å². The first-order chi connectivity index (χ1) is 8.93. The molecule has 2 fully saturated rings. The molecule has 18 heavy (non-hydrogen) atoms. The van der Waals surface area contributed by atoms with Crippen LogP contribution in [0.25, 0.3) is 0 Å². The molecule has 0 aromatic heterocycles. The van der Waals surface area contributed by atoms with Crippen molar-refractivity contribution in [1.82, 2.24) is 0 Å². The Bertz CT molecular complexity index is 324. The van der Waals surface area contributed by atoms with Gasteiger partial charge in [0.05, 0.1) is 13.2 Å².